The maximum Gasteiger partial charge on any atom is 0.128 e. The molecule has 0 bridgehead atoms. The van der Waals surface area contributed by atoms with Crippen molar-refractivity contribution in [3.05, 3.63) is 24.4 Å². The van der Waals surface area contributed by atoms with Gasteiger partial charge in [-0.2, -0.15) is 0 Å². The fraction of sp³-hybridized carbons (Fsp3) is 0.500. The monoisotopic (exact) mass is 193 g/mol. The number of aliphatic hydroxyl groups is 1. The van der Waals surface area contributed by atoms with Crippen LogP contribution in [0.3, 0.4) is 0 Å². The minimum Gasteiger partial charge on any atom is -0.387 e. The molecule has 4 nitrogen and oxygen atoms in total. The third-order valence-corrected chi connectivity index (χ3v) is 2.69. The van der Waals surface area contributed by atoms with E-state index in [4.69, 9.17) is 5.73 Å². The number of hydrogen-bond acceptors (Lipinski definition) is 4. The Morgan fingerprint density at radius 1 is 1.57 bits per heavy atom. The van der Waals surface area contributed by atoms with Crippen LogP contribution in [0.25, 0.3) is 0 Å². The van der Waals surface area contributed by atoms with E-state index in [2.05, 4.69) is 9.88 Å². The molecule has 1 aliphatic heterocycles. The van der Waals surface area contributed by atoms with Gasteiger partial charge in [-0.05, 0) is 18.6 Å². The van der Waals surface area contributed by atoms with Crippen molar-refractivity contribution in [3.8, 4) is 0 Å². The second-order valence-electron chi connectivity index (χ2n) is 3.79. The first-order valence-corrected chi connectivity index (χ1v) is 4.82. The molecule has 0 aromatic carbocycles. The van der Waals surface area contributed by atoms with Crippen molar-refractivity contribution >= 4 is 5.82 Å². The highest BCUT2D eigenvalue weighted by molar-refractivity contribution is 5.40. The van der Waals surface area contributed by atoms with Crippen LogP contribution in [-0.2, 0) is 0 Å². The molecule has 1 aliphatic rings. The van der Waals surface area contributed by atoms with Crippen molar-refractivity contribution < 1.29 is 5.11 Å². The van der Waals surface area contributed by atoms with Crippen LogP contribution in [0.1, 0.15) is 6.42 Å². The summed E-state index contributed by atoms with van der Waals surface area (Å²) in [5, 5.41) is 9.94. The molecule has 14 heavy (non-hydrogen) atoms. The molecule has 3 N–H and O–H groups in total. The van der Waals surface area contributed by atoms with Crippen molar-refractivity contribution in [1.82, 2.24) is 4.98 Å². The van der Waals surface area contributed by atoms with Crippen LogP contribution >= 0.6 is 0 Å². The van der Waals surface area contributed by atoms with Gasteiger partial charge in [-0.25, -0.2) is 4.98 Å². The van der Waals surface area contributed by atoms with Crippen LogP contribution in [0.15, 0.2) is 24.4 Å². The molecule has 1 atom stereocenters. The third-order valence-electron chi connectivity index (χ3n) is 2.69. The van der Waals surface area contributed by atoms with Gasteiger partial charge in [-0.3, -0.25) is 0 Å². The van der Waals surface area contributed by atoms with Crippen molar-refractivity contribution in [2.24, 2.45) is 5.73 Å². The third kappa shape index (κ3) is 1.71. The molecule has 0 radical (unpaired) electrons. The summed E-state index contributed by atoms with van der Waals surface area (Å²) in [6.07, 6.45) is 2.48. The van der Waals surface area contributed by atoms with Crippen LogP contribution in [0.4, 0.5) is 5.82 Å². The zero-order valence-corrected chi connectivity index (χ0v) is 8.06. The van der Waals surface area contributed by atoms with Gasteiger partial charge in [0.25, 0.3) is 0 Å². The SMILES string of the molecule is NCC1(O)CCN(c2ccccn2)C1. The first-order chi connectivity index (χ1) is 6.73. The number of anilines is 1. The number of hydrogen-bond donors (Lipinski definition) is 2. The molecule has 2 heterocycles. The Morgan fingerprint density at radius 3 is 3.00 bits per heavy atom. The van der Waals surface area contributed by atoms with Gasteiger partial charge in [0.1, 0.15) is 5.82 Å². The van der Waals surface area contributed by atoms with Crippen LogP contribution in [0.5, 0.6) is 0 Å². The van der Waals surface area contributed by atoms with E-state index in [0.717, 1.165) is 18.8 Å². The van der Waals surface area contributed by atoms with Crippen molar-refractivity contribution in [3.63, 3.8) is 0 Å². The molecule has 0 amide bonds. The highest BCUT2D eigenvalue weighted by Crippen LogP contribution is 2.23. The average Bonchev–Trinajstić information content (AvgIpc) is 2.63. The minimum absolute atomic E-state index is 0.316. The molecule has 0 saturated carbocycles. The van der Waals surface area contributed by atoms with E-state index in [0.29, 0.717) is 13.1 Å². The Kier molecular flexibility index (Phi) is 2.39. The largest absolute Gasteiger partial charge is 0.387 e. The van der Waals surface area contributed by atoms with E-state index in [1.54, 1.807) is 6.20 Å². The van der Waals surface area contributed by atoms with Gasteiger partial charge in [0.05, 0.1) is 5.60 Å². The van der Waals surface area contributed by atoms with E-state index < -0.39 is 5.60 Å². The maximum atomic E-state index is 9.94. The highest BCUT2D eigenvalue weighted by Gasteiger charge is 2.35. The Balaban J connectivity index is 2.10. The molecular formula is C10H15N3O. The van der Waals surface area contributed by atoms with E-state index >= 15 is 0 Å². The molecule has 1 aromatic rings. The standard InChI is InChI=1S/C10H15N3O/c11-7-10(14)4-6-13(8-10)9-3-1-2-5-12-9/h1-3,5,14H,4,6-8,11H2. The molecule has 1 saturated heterocycles. The first kappa shape index (κ1) is 9.43. The van der Waals surface area contributed by atoms with Gasteiger partial charge in [0, 0.05) is 25.8 Å². The van der Waals surface area contributed by atoms with Crippen LogP contribution in [0.2, 0.25) is 0 Å². The van der Waals surface area contributed by atoms with Gasteiger partial charge < -0.3 is 15.7 Å². The highest BCUT2D eigenvalue weighted by atomic mass is 16.3. The molecule has 0 spiro atoms. The maximum absolute atomic E-state index is 9.94. The fourth-order valence-electron chi connectivity index (χ4n) is 1.76. The lowest BCUT2D eigenvalue weighted by atomic mass is 10.0. The Morgan fingerprint density at radius 2 is 2.43 bits per heavy atom. The zero-order valence-electron chi connectivity index (χ0n) is 8.06. The fourth-order valence-corrected chi connectivity index (χ4v) is 1.76. The predicted octanol–water partition coefficient (Wildman–Crippen LogP) is -0.0185. The summed E-state index contributed by atoms with van der Waals surface area (Å²) in [5.74, 6) is 0.914. The summed E-state index contributed by atoms with van der Waals surface area (Å²) >= 11 is 0. The number of pyridine rings is 1. The summed E-state index contributed by atoms with van der Waals surface area (Å²) in [5.41, 5.74) is 4.79. The summed E-state index contributed by atoms with van der Waals surface area (Å²) in [6.45, 7) is 1.72. The second kappa shape index (κ2) is 3.55. The van der Waals surface area contributed by atoms with Crippen LogP contribution in [-0.4, -0.2) is 35.3 Å². The molecule has 2 rings (SSSR count). The van der Waals surface area contributed by atoms with Crippen molar-refractivity contribution in [2.45, 2.75) is 12.0 Å². The Hall–Kier alpha value is -1.13. The number of aromatic nitrogens is 1. The summed E-state index contributed by atoms with van der Waals surface area (Å²) in [6, 6.07) is 5.78. The van der Waals surface area contributed by atoms with Crippen LogP contribution in [0, 0.1) is 0 Å². The molecule has 0 aliphatic carbocycles. The average molecular weight is 193 g/mol. The molecule has 76 valence electrons. The normalized spacial score (nSPS) is 26.9. The zero-order chi connectivity index (χ0) is 10.0. The Bertz CT molecular complexity index is 303. The van der Waals surface area contributed by atoms with Crippen molar-refractivity contribution in [1.29, 1.82) is 0 Å². The molecule has 4 heteroatoms. The summed E-state index contributed by atoms with van der Waals surface area (Å²) < 4.78 is 0. The number of nitrogens with two attached hydrogens (primary N) is 1. The summed E-state index contributed by atoms with van der Waals surface area (Å²) in [4.78, 5) is 6.30. The number of β-amino-alcohol motifs (C(OH)–C–C–N with tert-alkyl or cyclic N) is 1. The lowest BCUT2D eigenvalue weighted by Gasteiger charge is -2.21. The lowest BCUT2D eigenvalue weighted by molar-refractivity contribution is 0.0725. The molecule has 1 unspecified atom stereocenters. The van der Waals surface area contributed by atoms with Gasteiger partial charge in [-0.15, -0.1) is 0 Å². The van der Waals surface area contributed by atoms with E-state index in [1.807, 2.05) is 18.2 Å². The van der Waals surface area contributed by atoms with E-state index in [9.17, 15) is 5.11 Å². The number of rotatable bonds is 2. The quantitative estimate of drug-likeness (QED) is 0.693. The van der Waals surface area contributed by atoms with Gasteiger partial charge in [0.15, 0.2) is 0 Å². The summed E-state index contributed by atoms with van der Waals surface area (Å²) in [7, 11) is 0. The van der Waals surface area contributed by atoms with Crippen molar-refractivity contribution in [2.75, 3.05) is 24.5 Å². The van der Waals surface area contributed by atoms with E-state index in [-0.39, 0.29) is 0 Å². The second-order valence-corrected chi connectivity index (χ2v) is 3.79. The van der Waals surface area contributed by atoms with Crippen LogP contribution < -0.4 is 10.6 Å². The minimum atomic E-state index is -0.725. The topological polar surface area (TPSA) is 62.4 Å². The number of nitrogens with zero attached hydrogens (tertiary/aromatic N) is 2. The Labute approximate surface area is 83.4 Å². The first-order valence-electron chi connectivity index (χ1n) is 4.82. The van der Waals surface area contributed by atoms with Gasteiger partial charge >= 0.3 is 0 Å². The predicted molar refractivity (Wildman–Crippen MR) is 55.1 cm³/mol. The molecule has 1 fully saturated rings. The van der Waals surface area contributed by atoms with Gasteiger partial charge in [0.2, 0.25) is 0 Å². The smallest absolute Gasteiger partial charge is 0.128 e. The molecular weight excluding hydrogens is 178 g/mol. The molecule has 1 aromatic heterocycles. The van der Waals surface area contributed by atoms with Gasteiger partial charge in [-0.1, -0.05) is 6.07 Å². The van der Waals surface area contributed by atoms with E-state index in [1.165, 1.54) is 0 Å². The lowest BCUT2D eigenvalue weighted by Crippen LogP contribution is -2.40.